The molecule has 2 fully saturated rings. The van der Waals surface area contributed by atoms with Gasteiger partial charge in [-0.05, 0) is 33.2 Å². The van der Waals surface area contributed by atoms with Crippen LogP contribution in [0.25, 0.3) is 0 Å². The maximum absolute atomic E-state index is 12.7. The van der Waals surface area contributed by atoms with E-state index in [1.807, 2.05) is 13.8 Å². The first-order valence-electron chi connectivity index (χ1n) is 6.86. The summed E-state index contributed by atoms with van der Waals surface area (Å²) in [4.78, 5) is 25.6. The maximum Gasteiger partial charge on any atom is 0.311 e. The van der Waals surface area contributed by atoms with Gasteiger partial charge in [0.05, 0.1) is 24.8 Å². The van der Waals surface area contributed by atoms with E-state index in [0.29, 0.717) is 13.2 Å². The molecule has 2 aliphatic heterocycles. The van der Waals surface area contributed by atoms with E-state index in [2.05, 4.69) is 5.32 Å². The largest absolute Gasteiger partial charge is 0.481 e. The molecule has 2 heterocycles. The Morgan fingerprint density at radius 2 is 2.21 bits per heavy atom. The van der Waals surface area contributed by atoms with Crippen LogP contribution in [0.1, 0.15) is 26.7 Å². The van der Waals surface area contributed by atoms with Crippen LogP contribution in [0.2, 0.25) is 0 Å². The number of nitrogens with zero attached hydrogens (tertiary/aromatic N) is 1. The second-order valence-corrected chi connectivity index (χ2v) is 5.50. The highest BCUT2D eigenvalue weighted by Crippen LogP contribution is 2.26. The van der Waals surface area contributed by atoms with Crippen molar-refractivity contribution in [1.82, 2.24) is 10.2 Å². The summed E-state index contributed by atoms with van der Waals surface area (Å²) in [5, 5.41) is 12.4. The van der Waals surface area contributed by atoms with Crippen LogP contribution in [0.3, 0.4) is 0 Å². The molecule has 2 rings (SSSR count). The smallest absolute Gasteiger partial charge is 0.311 e. The first-order chi connectivity index (χ1) is 8.99. The number of ether oxygens (including phenoxy) is 1. The molecule has 2 aliphatic rings. The van der Waals surface area contributed by atoms with Crippen molar-refractivity contribution in [3.63, 3.8) is 0 Å². The summed E-state index contributed by atoms with van der Waals surface area (Å²) in [5.74, 6) is -1.51. The van der Waals surface area contributed by atoms with Crippen LogP contribution in [0.4, 0.5) is 0 Å². The van der Waals surface area contributed by atoms with Gasteiger partial charge in [-0.3, -0.25) is 9.59 Å². The molecule has 108 valence electrons. The van der Waals surface area contributed by atoms with Gasteiger partial charge in [-0.2, -0.15) is 0 Å². The van der Waals surface area contributed by atoms with Gasteiger partial charge >= 0.3 is 5.97 Å². The van der Waals surface area contributed by atoms with Gasteiger partial charge < -0.3 is 20.1 Å². The topological polar surface area (TPSA) is 78.9 Å². The monoisotopic (exact) mass is 270 g/mol. The Morgan fingerprint density at radius 3 is 2.74 bits per heavy atom. The van der Waals surface area contributed by atoms with Gasteiger partial charge in [0.1, 0.15) is 5.92 Å². The zero-order valence-corrected chi connectivity index (χ0v) is 11.5. The molecular weight excluding hydrogens is 248 g/mol. The number of carboxylic acids is 1. The van der Waals surface area contributed by atoms with Crippen LogP contribution in [0, 0.1) is 5.92 Å². The molecule has 19 heavy (non-hydrogen) atoms. The number of likely N-dealkylation sites (N-methyl/N-ethyl adjacent to an activating group) is 1. The Kier molecular flexibility index (Phi) is 4.10. The molecule has 0 aromatic carbocycles. The van der Waals surface area contributed by atoms with Crippen molar-refractivity contribution in [2.45, 2.75) is 38.3 Å². The van der Waals surface area contributed by atoms with E-state index in [1.54, 1.807) is 4.90 Å². The molecule has 2 N–H and O–H groups in total. The molecule has 1 amide bonds. The minimum Gasteiger partial charge on any atom is -0.481 e. The number of carboxylic acid groups (broad SMARTS) is 1. The number of aliphatic carboxylic acids is 1. The van der Waals surface area contributed by atoms with Crippen molar-refractivity contribution in [2.24, 2.45) is 5.92 Å². The van der Waals surface area contributed by atoms with E-state index in [1.165, 1.54) is 0 Å². The number of carbonyl (C=O) groups is 2. The maximum atomic E-state index is 12.7. The highest BCUT2D eigenvalue weighted by molar-refractivity contribution is 5.87. The fourth-order valence-electron chi connectivity index (χ4n) is 3.01. The van der Waals surface area contributed by atoms with Gasteiger partial charge in [0, 0.05) is 6.54 Å². The van der Waals surface area contributed by atoms with Crippen LogP contribution in [-0.4, -0.2) is 59.8 Å². The summed E-state index contributed by atoms with van der Waals surface area (Å²) < 4.78 is 5.26. The fraction of sp³-hybridized carbons (Fsp3) is 0.846. The van der Waals surface area contributed by atoms with Crippen molar-refractivity contribution in [1.29, 1.82) is 0 Å². The summed E-state index contributed by atoms with van der Waals surface area (Å²) >= 11 is 0. The second-order valence-electron chi connectivity index (χ2n) is 5.50. The lowest BCUT2D eigenvalue weighted by Gasteiger charge is -2.36. The molecule has 0 spiro atoms. The molecular formula is C13H22N2O4. The zero-order valence-electron chi connectivity index (χ0n) is 11.5. The first-order valence-corrected chi connectivity index (χ1v) is 6.86. The number of hydrogen-bond donors (Lipinski definition) is 2. The molecule has 0 aromatic heterocycles. The van der Waals surface area contributed by atoms with Gasteiger partial charge in [0.15, 0.2) is 0 Å². The first kappa shape index (κ1) is 14.3. The van der Waals surface area contributed by atoms with E-state index >= 15 is 0 Å². The van der Waals surface area contributed by atoms with Crippen LogP contribution >= 0.6 is 0 Å². The standard InChI is InChI=1S/C13H22N2O4/c1-3-15(10-8-19-7-9(10)11(16)17)12(18)13(2)5-4-6-14-13/h9-10,14H,3-8H2,1-2H3,(H,16,17). The Balaban J connectivity index is 2.15. The summed E-state index contributed by atoms with van der Waals surface area (Å²) in [6.45, 7) is 5.63. The van der Waals surface area contributed by atoms with Crippen molar-refractivity contribution in [3.05, 3.63) is 0 Å². The SMILES string of the molecule is CCN(C(=O)C1(C)CCCN1)C1COCC1C(=O)O. The Labute approximate surface area is 113 Å². The number of hydrogen-bond acceptors (Lipinski definition) is 4. The van der Waals surface area contributed by atoms with Crippen LogP contribution in [-0.2, 0) is 14.3 Å². The molecule has 0 bridgehead atoms. The lowest BCUT2D eigenvalue weighted by molar-refractivity contribution is -0.146. The third kappa shape index (κ3) is 2.60. The Hall–Kier alpha value is -1.14. The minimum atomic E-state index is -0.890. The molecule has 0 saturated carbocycles. The van der Waals surface area contributed by atoms with Gasteiger partial charge in [-0.1, -0.05) is 0 Å². The zero-order chi connectivity index (χ0) is 14.0. The molecule has 3 atom stereocenters. The molecule has 3 unspecified atom stereocenters. The van der Waals surface area contributed by atoms with E-state index in [9.17, 15) is 14.7 Å². The highest BCUT2D eigenvalue weighted by Gasteiger charge is 2.45. The normalized spacial score (nSPS) is 34.4. The van der Waals surface area contributed by atoms with Crippen LogP contribution < -0.4 is 5.32 Å². The summed E-state index contributed by atoms with van der Waals surface area (Å²) in [6.07, 6.45) is 1.77. The average molecular weight is 270 g/mol. The van der Waals surface area contributed by atoms with Crippen LogP contribution in [0.15, 0.2) is 0 Å². The van der Waals surface area contributed by atoms with E-state index in [-0.39, 0.29) is 18.6 Å². The number of rotatable bonds is 4. The second kappa shape index (κ2) is 5.46. The summed E-state index contributed by atoms with van der Waals surface area (Å²) in [7, 11) is 0. The predicted octanol–water partition coefficient (Wildman–Crippen LogP) is 0.0766. The number of carbonyl (C=O) groups excluding carboxylic acids is 1. The average Bonchev–Trinajstić information content (AvgIpc) is 2.99. The van der Waals surface area contributed by atoms with E-state index in [0.717, 1.165) is 19.4 Å². The molecule has 0 aromatic rings. The molecule has 6 nitrogen and oxygen atoms in total. The predicted molar refractivity (Wildman–Crippen MR) is 68.8 cm³/mol. The van der Waals surface area contributed by atoms with Crippen molar-refractivity contribution >= 4 is 11.9 Å². The van der Waals surface area contributed by atoms with Gasteiger partial charge in [-0.15, -0.1) is 0 Å². The number of nitrogens with one attached hydrogen (secondary N) is 1. The van der Waals surface area contributed by atoms with E-state index < -0.39 is 17.4 Å². The van der Waals surface area contributed by atoms with Gasteiger partial charge in [-0.25, -0.2) is 0 Å². The van der Waals surface area contributed by atoms with Gasteiger partial charge in [0.2, 0.25) is 5.91 Å². The minimum absolute atomic E-state index is 0.00532. The fourth-order valence-corrected chi connectivity index (χ4v) is 3.01. The number of amides is 1. The Bertz CT molecular complexity index is 366. The Morgan fingerprint density at radius 1 is 1.47 bits per heavy atom. The van der Waals surface area contributed by atoms with Crippen molar-refractivity contribution < 1.29 is 19.4 Å². The highest BCUT2D eigenvalue weighted by atomic mass is 16.5. The third-order valence-electron chi connectivity index (χ3n) is 4.21. The summed E-state index contributed by atoms with van der Waals surface area (Å²) in [6, 6.07) is -0.353. The third-order valence-corrected chi connectivity index (χ3v) is 4.21. The van der Waals surface area contributed by atoms with Crippen molar-refractivity contribution in [3.8, 4) is 0 Å². The summed E-state index contributed by atoms with van der Waals surface area (Å²) in [5.41, 5.74) is -0.554. The lowest BCUT2D eigenvalue weighted by Crippen LogP contribution is -2.57. The van der Waals surface area contributed by atoms with Crippen molar-refractivity contribution in [2.75, 3.05) is 26.3 Å². The molecule has 2 saturated heterocycles. The van der Waals surface area contributed by atoms with E-state index in [4.69, 9.17) is 4.74 Å². The molecule has 0 radical (unpaired) electrons. The molecule has 0 aliphatic carbocycles. The quantitative estimate of drug-likeness (QED) is 0.756. The van der Waals surface area contributed by atoms with Gasteiger partial charge in [0.25, 0.3) is 0 Å². The lowest BCUT2D eigenvalue weighted by atomic mass is 9.95. The van der Waals surface area contributed by atoms with Crippen LogP contribution in [0.5, 0.6) is 0 Å². The molecule has 6 heteroatoms.